The number of carbonyl (C=O) groups excluding carboxylic acids is 2. The van der Waals surface area contributed by atoms with Gasteiger partial charge in [-0.15, -0.1) is 22.7 Å². The number of nitrogens with zero attached hydrogens (tertiary/aromatic N) is 2. The van der Waals surface area contributed by atoms with Gasteiger partial charge >= 0.3 is 0 Å². The third-order valence-electron chi connectivity index (χ3n) is 15.5. The summed E-state index contributed by atoms with van der Waals surface area (Å²) in [6, 6.07) is 8.48. The average Bonchev–Trinajstić information content (AvgIpc) is 4.18. The summed E-state index contributed by atoms with van der Waals surface area (Å²) >= 11 is 10.9. The zero-order chi connectivity index (χ0) is 54.0. The number of rotatable bonds is 46. The Kier molecular flexibility index (Phi) is 42.5. The molecule has 0 aromatic carbocycles. The van der Waals surface area contributed by atoms with Gasteiger partial charge in [-0.3, -0.25) is 9.59 Å². The molecule has 2 unspecified atom stereocenters. The van der Waals surface area contributed by atoms with E-state index in [1.807, 2.05) is 27.7 Å². The van der Waals surface area contributed by atoms with E-state index in [0.29, 0.717) is 36.1 Å². The molecule has 2 aromatic rings. The molecule has 8 heteroatoms. The highest BCUT2D eigenvalue weighted by Crippen LogP contribution is 2.50. The minimum atomic E-state index is 0.0446. The van der Waals surface area contributed by atoms with Crippen LogP contribution >= 0.6 is 54.5 Å². The van der Waals surface area contributed by atoms with Crippen LogP contribution in [0.5, 0.6) is 0 Å². The summed E-state index contributed by atoms with van der Waals surface area (Å²) in [7, 11) is 0. The van der Waals surface area contributed by atoms with Gasteiger partial charge in [-0.1, -0.05) is 287 Å². The Hall–Kier alpha value is -1.22. The van der Waals surface area contributed by atoms with Crippen molar-refractivity contribution in [3.05, 3.63) is 52.7 Å². The van der Waals surface area contributed by atoms with Crippen molar-refractivity contribution >= 4 is 77.7 Å². The minimum Gasteiger partial charge on any atom is -0.306 e. The highest BCUT2D eigenvalue weighted by Gasteiger charge is 2.50. The third-order valence-corrected chi connectivity index (χ3v) is 18.8. The van der Waals surface area contributed by atoms with Crippen LogP contribution in [0.2, 0.25) is 0 Å². The fourth-order valence-electron chi connectivity index (χ4n) is 11.3. The number of halogens is 2. The molecule has 2 aromatic heterocycles. The van der Waals surface area contributed by atoms with Crippen LogP contribution in [0.4, 0.5) is 0 Å². The highest BCUT2D eigenvalue weighted by atomic mass is 79.9. The fourth-order valence-corrected chi connectivity index (χ4v) is 14.2. The summed E-state index contributed by atoms with van der Waals surface area (Å²) in [6.07, 6.45) is 52.3. The summed E-state index contributed by atoms with van der Waals surface area (Å²) in [5.41, 5.74) is 3.06. The van der Waals surface area contributed by atoms with Crippen LogP contribution in [-0.2, 0) is 9.59 Å². The molecule has 2 amide bonds. The van der Waals surface area contributed by atoms with E-state index in [4.69, 9.17) is 0 Å². The van der Waals surface area contributed by atoms with E-state index in [1.54, 1.807) is 22.7 Å². The van der Waals surface area contributed by atoms with Gasteiger partial charge in [-0.05, 0) is 93.6 Å². The average molecular weight is 1190 g/mol. The second-order valence-electron chi connectivity index (χ2n) is 21.7. The number of thiophene rings is 2. The topological polar surface area (TPSA) is 40.6 Å². The van der Waals surface area contributed by atoms with E-state index < -0.39 is 0 Å². The lowest BCUT2D eigenvalue weighted by Crippen LogP contribution is -2.34. The maximum Gasteiger partial charge on any atom is 0.261 e. The van der Waals surface area contributed by atoms with Gasteiger partial charge in [-0.25, -0.2) is 0 Å². The van der Waals surface area contributed by atoms with Gasteiger partial charge in [-0.2, -0.15) is 0 Å². The van der Waals surface area contributed by atoms with Crippen molar-refractivity contribution in [2.45, 2.75) is 312 Å². The van der Waals surface area contributed by atoms with Crippen LogP contribution in [0.25, 0.3) is 11.4 Å². The van der Waals surface area contributed by atoms with E-state index in [9.17, 15) is 0 Å². The molecule has 0 saturated heterocycles. The number of carbonyl (C=O) groups is 2. The molecular formula is C66H114Br2N2O2S2. The molecule has 0 N–H and O–H groups in total. The molecule has 0 aliphatic carbocycles. The quantitative estimate of drug-likeness (QED) is 0.0620. The summed E-state index contributed by atoms with van der Waals surface area (Å²) in [5, 5.41) is 0. The molecule has 426 valence electrons. The van der Waals surface area contributed by atoms with E-state index in [-0.39, 0.29) is 11.8 Å². The molecule has 0 bridgehead atoms. The van der Waals surface area contributed by atoms with Gasteiger partial charge in [0.05, 0.1) is 39.9 Å². The molecule has 74 heavy (non-hydrogen) atoms. The van der Waals surface area contributed by atoms with Gasteiger partial charge < -0.3 is 9.80 Å². The molecule has 0 fully saturated rings. The molecular weight excluding hydrogens is 1080 g/mol. The third kappa shape index (κ3) is 27.1. The molecule has 4 nitrogen and oxygen atoms in total. The zero-order valence-electron chi connectivity index (χ0n) is 49.4. The Labute approximate surface area is 483 Å². The summed E-state index contributed by atoms with van der Waals surface area (Å²) in [4.78, 5) is 37.2. The van der Waals surface area contributed by atoms with Crippen molar-refractivity contribution < 1.29 is 9.59 Å². The predicted molar refractivity (Wildman–Crippen MR) is 338 cm³/mol. The standard InChI is InChI=1S/C62H102Br2N2O2S2.2C2H6/c1-5-9-13-17-21-25-27-31-35-39-43-51(41-37-33-29-23-19-15-11-7-3)49-65-59(53-45-47-55(63)69-53)57-58(61(65)67)60(54-46-48-56(64)70-54)66(62(57)68)50-52(42-38-34-30-24-20-16-12-8-4)44-40-36-32-28-26-22-18-14-10-6-2;2*1-2/h45-48,51-52H,5-44,49-50H2,1-4H3;2*1-2H3. The van der Waals surface area contributed by atoms with Crippen LogP contribution in [0.1, 0.15) is 322 Å². The summed E-state index contributed by atoms with van der Waals surface area (Å²) < 4.78 is 2.07. The first kappa shape index (κ1) is 68.9. The molecule has 2 aliphatic rings. The summed E-state index contributed by atoms with van der Waals surface area (Å²) in [6.45, 7) is 18.6. The van der Waals surface area contributed by atoms with Crippen molar-refractivity contribution in [2.75, 3.05) is 13.1 Å². The van der Waals surface area contributed by atoms with Gasteiger partial charge in [0, 0.05) is 13.1 Å². The van der Waals surface area contributed by atoms with Crippen molar-refractivity contribution in [2.24, 2.45) is 11.8 Å². The van der Waals surface area contributed by atoms with Gasteiger partial charge in [0.2, 0.25) is 0 Å². The largest absolute Gasteiger partial charge is 0.306 e. The van der Waals surface area contributed by atoms with Crippen LogP contribution in [0.15, 0.2) is 43.0 Å². The number of hydrogen-bond donors (Lipinski definition) is 0. The maximum absolute atomic E-state index is 15.5. The van der Waals surface area contributed by atoms with E-state index in [0.717, 1.165) is 54.4 Å². The van der Waals surface area contributed by atoms with Crippen molar-refractivity contribution in [3.8, 4) is 0 Å². The van der Waals surface area contributed by atoms with E-state index in [1.165, 1.54) is 231 Å². The fraction of sp³-hybridized carbons (Fsp3) is 0.788. The molecule has 0 saturated carbocycles. The Morgan fingerprint density at radius 1 is 0.351 bits per heavy atom. The van der Waals surface area contributed by atoms with E-state index in [2.05, 4.69) is 93.6 Å². The Balaban J connectivity index is 0.00000457. The second-order valence-corrected chi connectivity index (χ2v) is 26.6. The smallest absolute Gasteiger partial charge is 0.261 e. The van der Waals surface area contributed by atoms with Crippen LogP contribution in [-0.4, -0.2) is 34.7 Å². The van der Waals surface area contributed by atoms with Gasteiger partial charge in [0.1, 0.15) is 0 Å². The monoisotopic (exact) mass is 1190 g/mol. The molecule has 2 atom stereocenters. The van der Waals surface area contributed by atoms with E-state index >= 15 is 9.59 Å². The Morgan fingerprint density at radius 3 is 0.770 bits per heavy atom. The van der Waals surface area contributed by atoms with Crippen molar-refractivity contribution in [1.82, 2.24) is 9.80 Å². The highest BCUT2D eigenvalue weighted by molar-refractivity contribution is 9.11. The molecule has 0 radical (unpaired) electrons. The first-order chi connectivity index (χ1) is 36.3. The van der Waals surface area contributed by atoms with Crippen molar-refractivity contribution in [3.63, 3.8) is 0 Å². The maximum atomic E-state index is 15.5. The molecule has 4 heterocycles. The Morgan fingerprint density at radius 2 is 0.568 bits per heavy atom. The zero-order valence-corrected chi connectivity index (χ0v) is 54.3. The second kappa shape index (κ2) is 45.6. The lowest BCUT2D eigenvalue weighted by Gasteiger charge is -2.29. The normalized spacial score (nSPS) is 14.2. The van der Waals surface area contributed by atoms with Gasteiger partial charge in [0.15, 0.2) is 0 Å². The SMILES string of the molecule is CC.CC.CCCCCCCCCCCCC(CCCCCCCCCC)CN1C(=O)C2=C(c3ccc(Br)s3)N(CC(CCCCCCCCCC)CCCCCCCCCCCC)C(=O)C2=C1c1ccc(Br)s1. The number of hydrogen-bond acceptors (Lipinski definition) is 4. The molecule has 2 aliphatic heterocycles. The molecule has 0 spiro atoms. The van der Waals surface area contributed by atoms with Crippen LogP contribution in [0, 0.1) is 11.8 Å². The Bertz CT molecular complexity index is 1640. The number of unbranched alkanes of at least 4 members (excludes halogenated alkanes) is 32. The summed E-state index contributed by atoms with van der Waals surface area (Å²) in [5.74, 6) is 0.921. The van der Waals surface area contributed by atoms with Gasteiger partial charge in [0.25, 0.3) is 11.8 Å². The van der Waals surface area contributed by atoms with Crippen LogP contribution < -0.4 is 0 Å². The first-order valence-electron chi connectivity index (χ1n) is 32.0. The number of amides is 2. The minimum absolute atomic E-state index is 0.0446. The first-order valence-corrected chi connectivity index (χ1v) is 35.2. The number of fused-ring (bicyclic) bond motifs is 1. The predicted octanol–water partition coefficient (Wildman–Crippen LogP) is 24.1. The lowest BCUT2D eigenvalue weighted by molar-refractivity contribution is -0.124. The molecule has 4 rings (SSSR count). The van der Waals surface area contributed by atoms with Crippen LogP contribution in [0.3, 0.4) is 0 Å². The van der Waals surface area contributed by atoms with Crippen molar-refractivity contribution in [1.29, 1.82) is 0 Å². The lowest BCUT2D eigenvalue weighted by atomic mass is 9.93.